The van der Waals surface area contributed by atoms with Gasteiger partial charge in [0.1, 0.15) is 17.6 Å². The summed E-state index contributed by atoms with van der Waals surface area (Å²) in [4.78, 5) is 14.6. The molecule has 3 heterocycles. The Labute approximate surface area is 259 Å². The largest absolute Gasteiger partial charge is 0.454 e. The third-order valence-electron chi connectivity index (χ3n) is 8.61. The first-order valence-corrected chi connectivity index (χ1v) is 15.0. The number of fused-ring (bicyclic) bond motifs is 5. The molecule has 0 saturated carbocycles. The molecule has 9 rings (SSSR count). The molecular formula is C40H26N4O. The number of hydrogen-bond donors (Lipinski definition) is 1. The summed E-state index contributed by atoms with van der Waals surface area (Å²) >= 11 is 0. The second-order valence-electron chi connectivity index (χ2n) is 11.4. The van der Waals surface area contributed by atoms with E-state index in [0.29, 0.717) is 5.84 Å². The third kappa shape index (κ3) is 4.45. The third-order valence-corrected chi connectivity index (χ3v) is 8.61. The predicted molar refractivity (Wildman–Crippen MR) is 184 cm³/mol. The van der Waals surface area contributed by atoms with Gasteiger partial charge in [0.2, 0.25) is 0 Å². The minimum atomic E-state index is -0.327. The molecule has 1 aliphatic rings. The average Bonchev–Trinajstić information content (AvgIpc) is 3.50. The molecule has 212 valence electrons. The molecule has 8 aromatic rings. The highest BCUT2D eigenvalue weighted by Crippen LogP contribution is 2.33. The monoisotopic (exact) mass is 578 g/mol. The number of aliphatic imine (C=N–C) groups is 2. The first-order valence-electron chi connectivity index (χ1n) is 15.0. The summed E-state index contributed by atoms with van der Waals surface area (Å²) in [5, 5.41) is 10.5. The van der Waals surface area contributed by atoms with Crippen molar-refractivity contribution in [3.8, 4) is 11.1 Å². The van der Waals surface area contributed by atoms with E-state index >= 15 is 0 Å². The van der Waals surface area contributed by atoms with Crippen LogP contribution in [0.3, 0.4) is 0 Å². The number of nitrogens with zero attached hydrogens (tertiary/aromatic N) is 3. The maximum atomic E-state index is 6.16. The van der Waals surface area contributed by atoms with Crippen LogP contribution in [0.15, 0.2) is 160 Å². The highest BCUT2D eigenvalue weighted by molar-refractivity contribution is 6.21. The number of nitrogens with one attached hydrogen (secondary N) is 1. The summed E-state index contributed by atoms with van der Waals surface area (Å²) in [7, 11) is 0. The Morgan fingerprint density at radius 1 is 0.578 bits per heavy atom. The first kappa shape index (κ1) is 25.4. The van der Waals surface area contributed by atoms with Gasteiger partial charge in [-0.3, -0.25) is 4.98 Å². The van der Waals surface area contributed by atoms with Crippen LogP contribution < -0.4 is 5.32 Å². The normalized spacial score (nSPS) is 14.9. The Balaban J connectivity index is 1.17. The second-order valence-corrected chi connectivity index (χ2v) is 11.4. The molecule has 0 radical (unpaired) electrons. The SMILES string of the molecule is c1ccc2cc(-c3ccc(C4=NC(c5ccc6ccccc6c5)NC(c5cccc6oc7cnccc7c56)=N4)cc3)ccc2c1. The van der Waals surface area contributed by atoms with E-state index in [1.54, 1.807) is 12.4 Å². The molecule has 0 saturated heterocycles. The van der Waals surface area contributed by atoms with E-state index in [-0.39, 0.29) is 6.17 Å². The van der Waals surface area contributed by atoms with Crippen molar-refractivity contribution in [3.63, 3.8) is 0 Å². The Hall–Kier alpha value is -6.07. The molecular weight excluding hydrogens is 552 g/mol. The van der Waals surface area contributed by atoms with E-state index < -0.39 is 0 Å². The van der Waals surface area contributed by atoms with Crippen molar-refractivity contribution in [2.24, 2.45) is 9.98 Å². The van der Waals surface area contributed by atoms with Crippen LogP contribution in [0.25, 0.3) is 54.6 Å². The van der Waals surface area contributed by atoms with Crippen LogP contribution in [0.2, 0.25) is 0 Å². The van der Waals surface area contributed by atoms with Crippen molar-refractivity contribution >= 4 is 55.2 Å². The zero-order chi connectivity index (χ0) is 29.7. The Kier molecular flexibility index (Phi) is 5.81. The van der Waals surface area contributed by atoms with E-state index in [2.05, 4.69) is 126 Å². The number of benzene rings is 6. The highest BCUT2D eigenvalue weighted by Gasteiger charge is 2.24. The first-order chi connectivity index (χ1) is 22.3. The zero-order valence-electron chi connectivity index (χ0n) is 24.2. The van der Waals surface area contributed by atoms with E-state index in [1.165, 1.54) is 27.1 Å². The van der Waals surface area contributed by atoms with Crippen LogP contribution in [-0.2, 0) is 0 Å². The van der Waals surface area contributed by atoms with Crippen LogP contribution in [0.4, 0.5) is 0 Å². The molecule has 0 spiro atoms. The fourth-order valence-electron chi connectivity index (χ4n) is 6.32. The lowest BCUT2D eigenvalue weighted by atomic mass is 10.00. The minimum absolute atomic E-state index is 0.327. The fourth-order valence-corrected chi connectivity index (χ4v) is 6.32. The number of amidine groups is 2. The molecule has 5 nitrogen and oxygen atoms in total. The quantitative estimate of drug-likeness (QED) is 0.226. The Morgan fingerprint density at radius 2 is 1.29 bits per heavy atom. The number of rotatable bonds is 4. The van der Waals surface area contributed by atoms with Crippen molar-refractivity contribution in [1.29, 1.82) is 0 Å². The summed E-state index contributed by atoms with van der Waals surface area (Å²) in [6.07, 6.45) is 3.23. The van der Waals surface area contributed by atoms with Gasteiger partial charge in [0.25, 0.3) is 0 Å². The molecule has 1 atom stereocenters. The molecule has 2 aromatic heterocycles. The summed E-state index contributed by atoms with van der Waals surface area (Å²) in [6, 6.07) is 46.6. The zero-order valence-corrected chi connectivity index (χ0v) is 24.2. The number of aromatic nitrogens is 1. The van der Waals surface area contributed by atoms with Crippen LogP contribution in [0, 0.1) is 0 Å². The van der Waals surface area contributed by atoms with Crippen LogP contribution in [0.5, 0.6) is 0 Å². The van der Waals surface area contributed by atoms with E-state index in [4.69, 9.17) is 14.4 Å². The molecule has 0 aliphatic carbocycles. The highest BCUT2D eigenvalue weighted by atomic mass is 16.3. The molecule has 45 heavy (non-hydrogen) atoms. The van der Waals surface area contributed by atoms with Gasteiger partial charge in [-0.25, -0.2) is 9.98 Å². The predicted octanol–water partition coefficient (Wildman–Crippen LogP) is 9.45. The second kappa shape index (κ2) is 10.3. The van der Waals surface area contributed by atoms with Crippen LogP contribution in [-0.4, -0.2) is 16.7 Å². The summed E-state index contributed by atoms with van der Waals surface area (Å²) in [5.74, 6) is 1.43. The van der Waals surface area contributed by atoms with Gasteiger partial charge >= 0.3 is 0 Å². The van der Waals surface area contributed by atoms with Gasteiger partial charge in [-0.05, 0) is 62.5 Å². The van der Waals surface area contributed by atoms with E-state index in [0.717, 1.165) is 50.0 Å². The van der Waals surface area contributed by atoms with Gasteiger partial charge in [0, 0.05) is 28.1 Å². The van der Waals surface area contributed by atoms with Gasteiger partial charge in [0.15, 0.2) is 11.4 Å². The summed E-state index contributed by atoms with van der Waals surface area (Å²) in [6.45, 7) is 0. The van der Waals surface area contributed by atoms with Crippen LogP contribution in [0.1, 0.15) is 22.9 Å². The Bertz CT molecular complexity index is 2470. The number of pyridine rings is 1. The number of furan rings is 1. The molecule has 1 unspecified atom stereocenters. The van der Waals surface area contributed by atoms with E-state index in [1.807, 2.05) is 18.2 Å². The molecule has 1 aliphatic heterocycles. The minimum Gasteiger partial charge on any atom is -0.454 e. The molecule has 0 amide bonds. The lowest BCUT2D eigenvalue weighted by Crippen LogP contribution is -2.33. The molecule has 1 N–H and O–H groups in total. The Morgan fingerprint density at radius 3 is 2.11 bits per heavy atom. The molecule has 0 bridgehead atoms. The summed E-state index contributed by atoms with van der Waals surface area (Å²) in [5.41, 5.74) is 6.86. The van der Waals surface area contributed by atoms with Crippen molar-refractivity contribution < 1.29 is 4.42 Å². The van der Waals surface area contributed by atoms with Crippen molar-refractivity contribution in [2.45, 2.75) is 6.17 Å². The molecule has 6 aromatic carbocycles. The average molecular weight is 579 g/mol. The lowest BCUT2D eigenvalue weighted by molar-refractivity contribution is 0.666. The van der Waals surface area contributed by atoms with Gasteiger partial charge in [-0.15, -0.1) is 0 Å². The van der Waals surface area contributed by atoms with E-state index in [9.17, 15) is 0 Å². The van der Waals surface area contributed by atoms with Crippen molar-refractivity contribution in [1.82, 2.24) is 10.3 Å². The van der Waals surface area contributed by atoms with Gasteiger partial charge in [0.05, 0.1) is 6.20 Å². The maximum absolute atomic E-state index is 6.16. The van der Waals surface area contributed by atoms with Gasteiger partial charge in [-0.1, -0.05) is 109 Å². The smallest absolute Gasteiger partial charge is 0.159 e. The fraction of sp³-hybridized carbons (Fsp3) is 0.0250. The standard InChI is InChI=1S/C40H26N4O/c1-3-8-29-22-31(18-14-25(29)6-1)27-12-16-28(17-13-27)38-42-39(32-19-15-26-7-2-4-9-30(26)23-32)44-40(43-38)34-10-5-11-35-37(34)33-20-21-41-24-36(33)45-35/h1-24,39H,(H,42,43,44). The van der Waals surface area contributed by atoms with Crippen molar-refractivity contribution in [3.05, 3.63) is 163 Å². The lowest BCUT2D eigenvalue weighted by Gasteiger charge is -2.24. The number of hydrogen-bond acceptors (Lipinski definition) is 5. The van der Waals surface area contributed by atoms with Crippen LogP contribution >= 0.6 is 0 Å². The summed E-state index contributed by atoms with van der Waals surface area (Å²) < 4.78 is 6.16. The maximum Gasteiger partial charge on any atom is 0.159 e. The van der Waals surface area contributed by atoms with Gasteiger partial charge in [-0.2, -0.15) is 0 Å². The molecule has 0 fully saturated rings. The topological polar surface area (TPSA) is 62.8 Å². The van der Waals surface area contributed by atoms with Gasteiger partial charge < -0.3 is 9.73 Å². The molecule has 5 heteroatoms. The van der Waals surface area contributed by atoms with Crippen molar-refractivity contribution in [2.75, 3.05) is 0 Å².